The van der Waals surface area contributed by atoms with Crippen LogP contribution in [0.25, 0.3) is 0 Å². The van der Waals surface area contributed by atoms with Gasteiger partial charge in [0, 0.05) is 24.7 Å². The number of carbonyl (C=O) groups excluding carboxylic acids is 2. The Morgan fingerprint density at radius 2 is 1.22 bits per heavy atom. The number of aliphatic hydroxyl groups excluding tert-OH is 14. The van der Waals surface area contributed by atoms with E-state index in [0.717, 1.165) is 18.4 Å². The SMILES string of the molecule is CC(CCC(=O)C(C)C1C(=O)CC2C3CC=C4CC(OC5OC(CO)C(OC6OC(O)C(O)C(O)C6O)C(O)C5OC5OC(O)C(O)C(O)C5O)CCC4(C)C3CCC21C)COC1OC(CO)C(O)C(O)C1O. The molecule has 24 heteroatoms. The van der Waals surface area contributed by atoms with Crippen LogP contribution in [0.4, 0.5) is 0 Å². The van der Waals surface area contributed by atoms with Crippen LogP contribution in [0, 0.1) is 46.3 Å². The van der Waals surface area contributed by atoms with Gasteiger partial charge in [0.05, 0.1) is 25.9 Å². The average Bonchev–Trinajstić information content (AvgIpc) is 3.64. The van der Waals surface area contributed by atoms with Gasteiger partial charge in [-0.15, -0.1) is 0 Å². The molecule has 3 saturated carbocycles. The minimum Gasteiger partial charge on any atom is -0.394 e. The molecule has 24 nitrogen and oxygen atoms in total. The maximum atomic E-state index is 14.1. The second kappa shape index (κ2) is 22.9. The van der Waals surface area contributed by atoms with Crippen LogP contribution in [-0.4, -0.2) is 232 Å². The smallest absolute Gasteiger partial charge is 0.189 e. The fourth-order valence-electron chi connectivity index (χ4n) is 13.6. The number of hydrogen-bond acceptors (Lipinski definition) is 24. The van der Waals surface area contributed by atoms with E-state index < -0.39 is 160 Å². The summed E-state index contributed by atoms with van der Waals surface area (Å²) in [7, 11) is 0. The fourth-order valence-corrected chi connectivity index (χ4v) is 13.6. The van der Waals surface area contributed by atoms with Gasteiger partial charge in [-0.1, -0.05) is 39.3 Å². The molecule has 7 fully saturated rings. The van der Waals surface area contributed by atoms with Crippen molar-refractivity contribution in [2.24, 2.45) is 46.3 Å². The monoisotopic (exact) mass is 1050 g/mol. The van der Waals surface area contributed by atoms with Gasteiger partial charge in [0.25, 0.3) is 0 Å². The maximum Gasteiger partial charge on any atom is 0.189 e. The highest BCUT2D eigenvalue weighted by atomic mass is 16.8. The molecule has 8 aliphatic rings. The van der Waals surface area contributed by atoms with Crippen molar-refractivity contribution in [3.8, 4) is 0 Å². The summed E-state index contributed by atoms with van der Waals surface area (Å²) in [6.45, 7) is 6.79. The Hall–Kier alpha value is -1.80. The molecule has 0 spiro atoms. The largest absolute Gasteiger partial charge is 0.394 e. The first kappa shape index (κ1) is 57.4. The van der Waals surface area contributed by atoms with Gasteiger partial charge in [-0.25, -0.2) is 0 Å². The average molecular weight is 1050 g/mol. The summed E-state index contributed by atoms with van der Waals surface area (Å²) in [6.07, 6.45) is -28.2. The molecule has 0 aromatic rings. The molecule has 0 bridgehead atoms. The van der Waals surface area contributed by atoms with Crippen LogP contribution in [0.5, 0.6) is 0 Å². The van der Waals surface area contributed by atoms with E-state index in [9.17, 15) is 81.1 Å². The van der Waals surface area contributed by atoms with E-state index >= 15 is 0 Å². The van der Waals surface area contributed by atoms with Gasteiger partial charge in [-0.3, -0.25) is 9.59 Å². The van der Waals surface area contributed by atoms with Crippen LogP contribution < -0.4 is 0 Å². The summed E-state index contributed by atoms with van der Waals surface area (Å²) in [5, 5.41) is 145. The summed E-state index contributed by atoms with van der Waals surface area (Å²) in [5.74, 6) is -0.653. The van der Waals surface area contributed by atoms with Crippen molar-refractivity contribution in [1.29, 1.82) is 0 Å². The molecule has 4 saturated heterocycles. The number of hydrogen-bond donors (Lipinski definition) is 14. The molecule has 0 aromatic carbocycles. The van der Waals surface area contributed by atoms with Crippen molar-refractivity contribution < 1.29 is 119 Å². The lowest BCUT2D eigenvalue weighted by molar-refractivity contribution is -0.405. The summed E-state index contributed by atoms with van der Waals surface area (Å²) in [4.78, 5) is 28.0. The number of ether oxygens (including phenoxy) is 8. The molecule has 73 heavy (non-hydrogen) atoms. The normalized spacial score (nSPS) is 51.1. The van der Waals surface area contributed by atoms with Crippen LogP contribution in [0.2, 0.25) is 0 Å². The second-order valence-corrected chi connectivity index (χ2v) is 22.5. The zero-order chi connectivity index (χ0) is 53.2. The van der Waals surface area contributed by atoms with Gasteiger partial charge in [-0.2, -0.15) is 0 Å². The van der Waals surface area contributed by atoms with Gasteiger partial charge in [-0.05, 0) is 79.4 Å². The van der Waals surface area contributed by atoms with E-state index in [1.807, 2.05) is 13.8 Å². The summed E-state index contributed by atoms with van der Waals surface area (Å²) < 4.78 is 46.0. The maximum absolute atomic E-state index is 14.1. The molecule has 14 N–H and O–H groups in total. The van der Waals surface area contributed by atoms with Gasteiger partial charge >= 0.3 is 0 Å². The third kappa shape index (κ3) is 10.9. The molecule has 29 unspecified atom stereocenters. The van der Waals surface area contributed by atoms with E-state index in [2.05, 4.69) is 19.9 Å². The molecular formula is C49H78O24. The van der Waals surface area contributed by atoms with Gasteiger partial charge in [0.2, 0.25) is 0 Å². The molecule has 4 aliphatic heterocycles. The number of rotatable bonds is 16. The first-order valence-electron chi connectivity index (χ1n) is 25.8. The highest BCUT2D eigenvalue weighted by Crippen LogP contribution is 2.66. The number of Topliss-reactive ketones (excluding diaryl/α,β-unsaturated/α-hetero) is 2. The Kier molecular flexibility index (Phi) is 18.0. The first-order valence-corrected chi connectivity index (χ1v) is 25.8. The topological polar surface area (TPSA) is 391 Å². The van der Waals surface area contributed by atoms with E-state index in [1.165, 1.54) is 0 Å². The van der Waals surface area contributed by atoms with Crippen LogP contribution in [0.1, 0.15) is 85.5 Å². The molecule has 418 valence electrons. The molecule has 0 amide bonds. The summed E-state index contributed by atoms with van der Waals surface area (Å²) in [6, 6.07) is 0. The molecule has 4 aliphatic carbocycles. The van der Waals surface area contributed by atoms with E-state index in [1.54, 1.807) is 0 Å². The highest BCUT2D eigenvalue weighted by molar-refractivity contribution is 5.92. The number of aliphatic hydroxyl groups is 14. The van der Waals surface area contributed by atoms with Crippen molar-refractivity contribution in [2.45, 2.75) is 215 Å². The summed E-state index contributed by atoms with van der Waals surface area (Å²) >= 11 is 0. The second-order valence-electron chi connectivity index (χ2n) is 22.5. The van der Waals surface area contributed by atoms with Crippen LogP contribution >= 0.6 is 0 Å². The quantitative estimate of drug-likeness (QED) is 0.0654. The van der Waals surface area contributed by atoms with Crippen molar-refractivity contribution >= 4 is 11.6 Å². The molecule has 29 atom stereocenters. The Morgan fingerprint density at radius 3 is 1.84 bits per heavy atom. The molecule has 4 heterocycles. The van der Waals surface area contributed by atoms with Crippen LogP contribution in [-0.2, 0) is 47.5 Å². The number of ketones is 2. The Bertz CT molecular complexity index is 1930. The Morgan fingerprint density at radius 1 is 0.644 bits per heavy atom. The van der Waals surface area contributed by atoms with E-state index in [4.69, 9.17) is 37.9 Å². The van der Waals surface area contributed by atoms with Gasteiger partial charge in [0.15, 0.2) is 37.7 Å². The lowest BCUT2D eigenvalue weighted by Gasteiger charge is -2.58. The summed E-state index contributed by atoms with van der Waals surface area (Å²) in [5.41, 5.74) is 0.436. The lowest BCUT2D eigenvalue weighted by Crippen LogP contribution is -2.67. The van der Waals surface area contributed by atoms with E-state index in [-0.39, 0.29) is 53.7 Å². The third-order valence-electron chi connectivity index (χ3n) is 18.1. The zero-order valence-corrected chi connectivity index (χ0v) is 41.5. The minimum absolute atomic E-state index is 0.0255. The highest BCUT2D eigenvalue weighted by Gasteiger charge is 2.63. The molecular weight excluding hydrogens is 973 g/mol. The van der Waals surface area contributed by atoms with Gasteiger partial charge < -0.3 is 109 Å². The van der Waals surface area contributed by atoms with Crippen LogP contribution in [0.15, 0.2) is 11.6 Å². The zero-order valence-electron chi connectivity index (χ0n) is 41.5. The molecule has 0 aromatic heterocycles. The third-order valence-corrected chi connectivity index (χ3v) is 18.1. The number of allylic oxidation sites excluding steroid dienone is 1. The predicted octanol–water partition coefficient (Wildman–Crippen LogP) is -4.07. The first-order chi connectivity index (χ1) is 34.4. The Balaban J connectivity index is 0.916. The van der Waals surface area contributed by atoms with E-state index in [0.29, 0.717) is 38.5 Å². The van der Waals surface area contributed by atoms with Crippen molar-refractivity contribution in [3.05, 3.63) is 11.6 Å². The molecule has 0 radical (unpaired) electrons. The predicted molar refractivity (Wildman–Crippen MR) is 242 cm³/mol. The lowest BCUT2D eigenvalue weighted by atomic mass is 9.47. The molecule has 8 rings (SSSR count). The minimum atomic E-state index is -2.03. The Labute approximate surface area is 422 Å². The standard InChI is InChI=1S/C49H78O24/c1-18(17-66-44-36(60)31(55)30(54)27(15-50)68-44)5-8-25(52)19(2)29-26(53)14-24-22-7-6-20-13-21(9-11-48(20,3)23(22)10-12-49(24,29)4)67-47-41(71-46-38(62)33(57)35(59)43(65)73-46)39(63)40(28(16-51)69-47)70-45-37(61)32(56)34(58)42(64)72-45/h6,18-19,21-24,27-47,50-51,54-65H,5,7-17H2,1-4H3. The number of fused-ring (bicyclic) bond motifs is 5. The van der Waals surface area contributed by atoms with Crippen molar-refractivity contribution in [1.82, 2.24) is 0 Å². The fraction of sp³-hybridized carbons (Fsp3) is 0.918. The number of carbonyl (C=O) groups is 2. The van der Waals surface area contributed by atoms with Crippen molar-refractivity contribution in [2.75, 3.05) is 19.8 Å². The van der Waals surface area contributed by atoms with Crippen LogP contribution in [0.3, 0.4) is 0 Å². The van der Waals surface area contributed by atoms with Crippen molar-refractivity contribution in [3.63, 3.8) is 0 Å². The van der Waals surface area contributed by atoms with Gasteiger partial charge in [0.1, 0.15) is 97.0 Å².